The number of aromatic nitrogens is 2. The topological polar surface area (TPSA) is 72.2 Å². The zero-order valence-electron chi connectivity index (χ0n) is 8.63. The highest BCUT2D eigenvalue weighted by atomic mass is 79.9. The molecule has 1 N–H and O–H groups in total. The van der Waals surface area contributed by atoms with Gasteiger partial charge in [-0.1, -0.05) is 0 Å². The molecule has 1 aromatic heterocycles. The van der Waals surface area contributed by atoms with Gasteiger partial charge in [0, 0.05) is 6.54 Å². The van der Waals surface area contributed by atoms with E-state index in [0.29, 0.717) is 16.9 Å². The van der Waals surface area contributed by atoms with Crippen LogP contribution in [0.15, 0.2) is 10.8 Å². The Morgan fingerprint density at radius 3 is 2.94 bits per heavy atom. The molecule has 1 unspecified atom stereocenters. The van der Waals surface area contributed by atoms with Gasteiger partial charge in [-0.05, 0) is 34.7 Å². The molecule has 0 saturated carbocycles. The van der Waals surface area contributed by atoms with Crippen molar-refractivity contribution < 1.29 is 13.5 Å². The number of aromatic hydroxyl groups is 1. The summed E-state index contributed by atoms with van der Waals surface area (Å²) in [6, 6.07) is 0. The smallest absolute Gasteiger partial charge is 0.168 e. The first-order valence-electron chi connectivity index (χ1n) is 5.08. The van der Waals surface area contributed by atoms with Gasteiger partial charge in [0.1, 0.15) is 4.60 Å². The Balaban J connectivity index is 2.08. The highest BCUT2D eigenvalue weighted by Crippen LogP contribution is 2.26. The van der Waals surface area contributed by atoms with Crippen LogP contribution in [0.1, 0.15) is 12.8 Å². The molecule has 7 heteroatoms. The Morgan fingerprint density at radius 1 is 1.62 bits per heavy atom. The second-order valence-electron chi connectivity index (χ2n) is 4.13. The number of hydrogen-bond acceptors (Lipinski definition) is 4. The molecule has 90 valence electrons. The van der Waals surface area contributed by atoms with Crippen molar-refractivity contribution in [1.29, 1.82) is 0 Å². The minimum absolute atomic E-state index is 0.0821. The van der Waals surface area contributed by atoms with Crippen molar-refractivity contribution in [3.05, 3.63) is 10.8 Å². The van der Waals surface area contributed by atoms with E-state index >= 15 is 0 Å². The molecule has 5 nitrogen and oxygen atoms in total. The molecule has 16 heavy (non-hydrogen) atoms. The standard InChI is InChI=1S/C9H13BrN2O3S/c10-9-8(13)4-11-12(9)5-7-2-1-3-16(14,15)6-7/h4,7,13H,1-3,5-6H2. The van der Waals surface area contributed by atoms with Gasteiger partial charge in [0.2, 0.25) is 0 Å². The van der Waals surface area contributed by atoms with E-state index in [1.165, 1.54) is 6.20 Å². The molecular formula is C9H13BrN2O3S. The Bertz CT molecular complexity index is 483. The third kappa shape index (κ3) is 2.57. The SMILES string of the molecule is O=S1(=O)CCCC(Cn2ncc(O)c2Br)C1. The van der Waals surface area contributed by atoms with Gasteiger partial charge in [0.25, 0.3) is 0 Å². The van der Waals surface area contributed by atoms with Crippen LogP contribution in [-0.4, -0.2) is 34.8 Å². The Labute approximate surface area is 103 Å². The van der Waals surface area contributed by atoms with Gasteiger partial charge in [-0.15, -0.1) is 0 Å². The van der Waals surface area contributed by atoms with E-state index in [0.717, 1.165) is 12.8 Å². The number of rotatable bonds is 2. The van der Waals surface area contributed by atoms with E-state index in [4.69, 9.17) is 0 Å². The molecule has 0 amide bonds. The molecule has 2 rings (SSSR count). The van der Waals surface area contributed by atoms with Crippen LogP contribution in [0.5, 0.6) is 5.75 Å². The van der Waals surface area contributed by atoms with E-state index in [9.17, 15) is 13.5 Å². The lowest BCUT2D eigenvalue weighted by atomic mass is 10.1. The molecule has 1 fully saturated rings. The maximum Gasteiger partial charge on any atom is 0.168 e. The van der Waals surface area contributed by atoms with Crippen LogP contribution in [-0.2, 0) is 16.4 Å². The largest absolute Gasteiger partial charge is 0.504 e. The molecule has 0 aliphatic carbocycles. The Kier molecular flexibility index (Phi) is 3.25. The molecule has 1 atom stereocenters. The van der Waals surface area contributed by atoms with Gasteiger partial charge in [-0.2, -0.15) is 5.10 Å². The minimum atomic E-state index is -2.88. The summed E-state index contributed by atoms with van der Waals surface area (Å²) >= 11 is 3.21. The average molecular weight is 309 g/mol. The van der Waals surface area contributed by atoms with Crippen molar-refractivity contribution in [1.82, 2.24) is 9.78 Å². The molecule has 1 aliphatic rings. The van der Waals surface area contributed by atoms with Gasteiger partial charge in [0.05, 0.1) is 17.7 Å². The van der Waals surface area contributed by atoms with Crippen LogP contribution >= 0.6 is 15.9 Å². The van der Waals surface area contributed by atoms with Crippen LogP contribution < -0.4 is 0 Å². The summed E-state index contributed by atoms with van der Waals surface area (Å²) in [7, 11) is -2.88. The van der Waals surface area contributed by atoms with Crippen molar-refractivity contribution in [3.63, 3.8) is 0 Å². The van der Waals surface area contributed by atoms with Crippen molar-refractivity contribution in [2.75, 3.05) is 11.5 Å². The summed E-state index contributed by atoms with van der Waals surface area (Å²) in [6.45, 7) is 0.528. The average Bonchev–Trinajstić information content (AvgIpc) is 2.48. The fourth-order valence-electron chi connectivity index (χ4n) is 1.99. The maximum absolute atomic E-state index is 11.5. The summed E-state index contributed by atoms with van der Waals surface area (Å²) in [4.78, 5) is 0. The van der Waals surface area contributed by atoms with Crippen LogP contribution in [0.3, 0.4) is 0 Å². The lowest BCUT2D eigenvalue weighted by Crippen LogP contribution is -2.28. The van der Waals surface area contributed by atoms with E-state index in [1.54, 1.807) is 4.68 Å². The predicted molar refractivity (Wildman–Crippen MR) is 63.0 cm³/mol. The molecule has 2 heterocycles. The van der Waals surface area contributed by atoms with Gasteiger partial charge < -0.3 is 5.11 Å². The first-order valence-corrected chi connectivity index (χ1v) is 7.70. The van der Waals surface area contributed by atoms with E-state index in [2.05, 4.69) is 21.0 Å². The molecule has 1 saturated heterocycles. The first-order chi connectivity index (χ1) is 7.48. The van der Waals surface area contributed by atoms with Gasteiger partial charge in [0.15, 0.2) is 15.6 Å². The van der Waals surface area contributed by atoms with Crippen LogP contribution in [0.25, 0.3) is 0 Å². The maximum atomic E-state index is 11.5. The second kappa shape index (κ2) is 4.37. The van der Waals surface area contributed by atoms with Gasteiger partial charge in [-0.25, -0.2) is 8.42 Å². The van der Waals surface area contributed by atoms with Gasteiger partial charge >= 0.3 is 0 Å². The first kappa shape index (κ1) is 11.9. The van der Waals surface area contributed by atoms with Crippen molar-refractivity contribution in [2.45, 2.75) is 19.4 Å². The predicted octanol–water partition coefficient (Wildman–Crippen LogP) is 1.18. The monoisotopic (exact) mass is 308 g/mol. The number of nitrogens with zero attached hydrogens (tertiary/aromatic N) is 2. The fraction of sp³-hybridized carbons (Fsp3) is 0.667. The zero-order valence-corrected chi connectivity index (χ0v) is 11.0. The summed E-state index contributed by atoms with van der Waals surface area (Å²) in [6.07, 6.45) is 2.96. The molecular weight excluding hydrogens is 296 g/mol. The minimum Gasteiger partial charge on any atom is -0.504 e. The fourth-order valence-corrected chi connectivity index (χ4v) is 4.10. The third-order valence-corrected chi connectivity index (χ3v) is 5.45. The highest BCUT2D eigenvalue weighted by Gasteiger charge is 2.25. The molecule has 0 spiro atoms. The van der Waals surface area contributed by atoms with E-state index < -0.39 is 9.84 Å². The third-order valence-electron chi connectivity index (χ3n) is 2.75. The second-order valence-corrected chi connectivity index (χ2v) is 7.11. The Morgan fingerprint density at radius 2 is 2.38 bits per heavy atom. The quantitative estimate of drug-likeness (QED) is 0.890. The van der Waals surface area contributed by atoms with Crippen molar-refractivity contribution >= 4 is 25.8 Å². The van der Waals surface area contributed by atoms with E-state index in [1.807, 2.05) is 0 Å². The normalized spacial score (nSPS) is 24.4. The number of sulfone groups is 1. The van der Waals surface area contributed by atoms with E-state index in [-0.39, 0.29) is 17.4 Å². The number of halogens is 1. The molecule has 0 aromatic carbocycles. The molecule has 1 aromatic rings. The lowest BCUT2D eigenvalue weighted by molar-refractivity contribution is 0.399. The summed E-state index contributed by atoms with van der Waals surface area (Å²) in [5, 5.41) is 13.3. The zero-order chi connectivity index (χ0) is 11.8. The summed E-state index contributed by atoms with van der Waals surface area (Å²) in [5.41, 5.74) is 0. The van der Waals surface area contributed by atoms with Crippen LogP contribution in [0, 0.1) is 5.92 Å². The van der Waals surface area contributed by atoms with Crippen molar-refractivity contribution in [3.8, 4) is 5.75 Å². The van der Waals surface area contributed by atoms with Crippen LogP contribution in [0.4, 0.5) is 0 Å². The molecule has 0 bridgehead atoms. The highest BCUT2D eigenvalue weighted by molar-refractivity contribution is 9.10. The lowest BCUT2D eigenvalue weighted by Gasteiger charge is -2.21. The summed E-state index contributed by atoms with van der Waals surface area (Å²) < 4.78 is 25.0. The molecule has 1 aliphatic heterocycles. The number of hydrogen-bond donors (Lipinski definition) is 1. The molecule has 0 radical (unpaired) electrons. The van der Waals surface area contributed by atoms with Gasteiger partial charge in [-0.3, -0.25) is 4.68 Å². The Hall–Kier alpha value is -0.560. The van der Waals surface area contributed by atoms with Crippen LogP contribution in [0.2, 0.25) is 0 Å². The summed E-state index contributed by atoms with van der Waals surface area (Å²) in [5.74, 6) is 0.697. The van der Waals surface area contributed by atoms with Crippen molar-refractivity contribution in [2.24, 2.45) is 5.92 Å².